The Morgan fingerprint density at radius 1 is 0.491 bits per heavy atom. The van der Waals surface area contributed by atoms with Crippen LogP contribution in [-0.2, 0) is 0 Å². The second-order valence-electron chi connectivity index (χ2n) is 13.1. The van der Waals surface area contributed by atoms with Crippen LogP contribution in [0.4, 0.5) is 17.1 Å². The van der Waals surface area contributed by atoms with Gasteiger partial charge in [-0.2, -0.15) is 0 Å². The van der Waals surface area contributed by atoms with Gasteiger partial charge in [-0.05, 0) is 93.9 Å². The highest BCUT2D eigenvalue weighted by atomic mass is 16.3. The third kappa shape index (κ3) is 4.68. The van der Waals surface area contributed by atoms with E-state index in [4.69, 9.17) is 4.42 Å². The maximum absolute atomic E-state index is 10.1. The van der Waals surface area contributed by atoms with Gasteiger partial charge in [-0.1, -0.05) is 127 Å². The molecule has 0 radical (unpaired) electrons. The number of aromatic nitrogens is 1. The predicted octanol–water partition coefficient (Wildman–Crippen LogP) is 14.1. The number of rotatable bonds is 5. The summed E-state index contributed by atoms with van der Waals surface area (Å²) in [6, 6.07) is 42.5. The van der Waals surface area contributed by atoms with Crippen LogP contribution in [0, 0.1) is 0 Å². The van der Waals surface area contributed by atoms with Crippen LogP contribution >= 0.6 is 0 Å². The molecule has 0 aliphatic carbocycles. The zero-order chi connectivity index (χ0) is 41.8. The molecular weight excluding hydrogens is 645 g/mol. The number of furan rings is 1. The lowest BCUT2D eigenvalue weighted by atomic mass is 10.0. The Balaban J connectivity index is 1.27. The molecule has 11 aromatic rings. The van der Waals surface area contributed by atoms with Gasteiger partial charge in [0.15, 0.2) is 0 Å². The van der Waals surface area contributed by atoms with Crippen molar-refractivity contribution in [1.29, 1.82) is 0 Å². The lowest BCUT2D eigenvalue weighted by Gasteiger charge is -2.27. The molecule has 0 bridgehead atoms. The first-order chi connectivity index (χ1) is 29.6. The van der Waals surface area contributed by atoms with Crippen molar-refractivity contribution in [3.05, 3.63) is 194 Å². The molecule has 3 heteroatoms. The number of para-hydroxylation sites is 2. The summed E-state index contributed by atoms with van der Waals surface area (Å²) in [5.74, 6) is 0. The first-order valence-electron chi connectivity index (χ1n) is 21.5. The van der Waals surface area contributed by atoms with Crippen LogP contribution in [0.5, 0.6) is 0 Å². The zero-order valence-electron chi connectivity index (χ0n) is 36.2. The van der Waals surface area contributed by atoms with Gasteiger partial charge in [0.25, 0.3) is 0 Å². The van der Waals surface area contributed by atoms with Gasteiger partial charge >= 0.3 is 0 Å². The number of benzene rings is 9. The standard InChI is InChI=1S/C50H32N2O/c1-2-13-36-31-37(24-23-33(36)11-1)34-25-28-38(29-26-34)51(47-21-10-22-48-49(47)44-30-27-35-12-3-4-16-41(35)50(44)53-48)39-14-9-15-40(32-39)52-45-19-7-5-17-42(45)43-18-6-8-20-46(43)52/h1-32H/i9D,14D,15D,25D,26D,28D,29D,32D. The number of hydrogen-bond acceptors (Lipinski definition) is 2. The van der Waals surface area contributed by atoms with E-state index in [1.165, 1.54) is 4.90 Å². The lowest BCUT2D eigenvalue weighted by molar-refractivity contribution is 0.672. The van der Waals surface area contributed by atoms with Crippen molar-refractivity contribution in [2.45, 2.75) is 0 Å². The molecule has 0 unspecified atom stereocenters. The van der Waals surface area contributed by atoms with Crippen molar-refractivity contribution in [1.82, 2.24) is 4.57 Å². The topological polar surface area (TPSA) is 21.3 Å². The Kier molecular flexibility index (Phi) is 5.01. The van der Waals surface area contributed by atoms with E-state index in [0.29, 0.717) is 44.2 Å². The molecule has 0 saturated carbocycles. The Labute approximate surface area is 317 Å². The second kappa shape index (κ2) is 11.7. The predicted molar refractivity (Wildman–Crippen MR) is 223 cm³/mol. The van der Waals surface area contributed by atoms with Crippen LogP contribution in [0.3, 0.4) is 0 Å². The summed E-state index contributed by atoms with van der Waals surface area (Å²) >= 11 is 0. The van der Waals surface area contributed by atoms with Crippen molar-refractivity contribution in [2.75, 3.05) is 4.90 Å². The van der Waals surface area contributed by atoms with E-state index in [2.05, 4.69) is 0 Å². The Bertz CT molecular complexity index is 3580. The molecule has 0 aliphatic rings. The van der Waals surface area contributed by atoms with Gasteiger partial charge in [0.1, 0.15) is 11.2 Å². The van der Waals surface area contributed by atoms with Gasteiger partial charge in [0, 0.05) is 38.6 Å². The minimum atomic E-state index is -0.481. The SMILES string of the molecule is [2H]c1c([2H])c(N(c2c([2H])c([2H])c(-c3ccc4ccccc4c3)c([2H])c2[2H])c2cccc3oc4c5ccccc5ccc4c23)c([2H])c(-n2c3ccccc3c3ccccc32)c1[2H]. The highest BCUT2D eigenvalue weighted by molar-refractivity contribution is 6.19. The summed E-state index contributed by atoms with van der Waals surface area (Å²) in [5, 5.41) is 6.66. The third-order valence-electron chi connectivity index (χ3n) is 10.1. The van der Waals surface area contributed by atoms with Crippen LogP contribution in [0.1, 0.15) is 11.0 Å². The number of nitrogens with zero attached hydrogens (tertiary/aromatic N) is 2. The lowest BCUT2D eigenvalue weighted by Crippen LogP contribution is -2.11. The fourth-order valence-electron chi connectivity index (χ4n) is 7.69. The Morgan fingerprint density at radius 2 is 1.17 bits per heavy atom. The molecule has 0 atom stereocenters. The van der Waals surface area contributed by atoms with Crippen LogP contribution in [0.2, 0.25) is 0 Å². The monoisotopic (exact) mass is 684 g/mol. The van der Waals surface area contributed by atoms with E-state index in [1.54, 1.807) is 28.8 Å². The highest BCUT2D eigenvalue weighted by Crippen LogP contribution is 2.45. The minimum Gasteiger partial charge on any atom is -0.455 e. The maximum atomic E-state index is 10.1. The van der Waals surface area contributed by atoms with E-state index in [9.17, 15) is 11.0 Å². The highest BCUT2D eigenvalue weighted by Gasteiger charge is 2.21. The third-order valence-corrected chi connectivity index (χ3v) is 10.1. The van der Waals surface area contributed by atoms with Gasteiger partial charge in [0.2, 0.25) is 0 Å². The van der Waals surface area contributed by atoms with Gasteiger partial charge in [0.05, 0.1) is 33.1 Å². The Morgan fingerprint density at radius 3 is 1.96 bits per heavy atom. The van der Waals surface area contributed by atoms with Crippen LogP contribution in [0.25, 0.3) is 82.1 Å². The average molecular weight is 685 g/mol. The van der Waals surface area contributed by atoms with E-state index in [1.807, 2.05) is 121 Å². The van der Waals surface area contributed by atoms with E-state index < -0.39 is 24.2 Å². The summed E-state index contributed by atoms with van der Waals surface area (Å²) in [5.41, 5.74) is 3.01. The van der Waals surface area contributed by atoms with Gasteiger partial charge in [-0.25, -0.2) is 0 Å². The summed E-state index contributed by atoms with van der Waals surface area (Å²) in [7, 11) is 0. The quantitative estimate of drug-likeness (QED) is 0.180. The van der Waals surface area contributed by atoms with E-state index in [-0.39, 0.29) is 46.8 Å². The van der Waals surface area contributed by atoms with Gasteiger partial charge < -0.3 is 13.9 Å². The van der Waals surface area contributed by atoms with E-state index >= 15 is 0 Å². The summed E-state index contributed by atoms with van der Waals surface area (Å²) in [6.07, 6.45) is 0. The molecule has 0 amide bonds. The van der Waals surface area contributed by atoms with Crippen molar-refractivity contribution < 1.29 is 15.4 Å². The summed E-state index contributed by atoms with van der Waals surface area (Å²) < 4.78 is 85.2. The normalized spacial score (nSPS) is 13.9. The number of fused-ring (bicyclic) bond motifs is 9. The van der Waals surface area contributed by atoms with Crippen LogP contribution in [0.15, 0.2) is 198 Å². The van der Waals surface area contributed by atoms with Gasteiger partial charge in [-0.15, -0.1) is 0 Å². The van der Waals surface area contributed by atoms with E-state index in [0.717, 1.165) is 32.3 Å². The van der Waals surface area contributed by atoms with Crippen LogP contribution in [-0.4, -0.2) is 4.57 Å². The fourth-order valence-corrected chi connectivity index (χ4v) is 7.69. The van der Waals surface area contributed by atoms with Crippen molar-refractivity contribution >= 4 is 82.4 Å². The maximum Gasteiger partial charge on any atom is 0.143 e. The van der Waals surface area contributed by atoms with Crippen LogP contribution < -0.4 is 4.90 Å². The molecular formula is C50H32N2O. The van der Waals surface area contributed by atoms with Crippen molar-refractivity contribution in [2.24, 2.45) is 0 Å². The minimum absolute atomic E-state index is 0.0386. The molecule has 248 valence electrons. The number of anilines is 3. The second-order valence-corrected chi connectivity index (χ2v) is 13.1. The average Bonchev–Trinajstić information content (AvgIpc) is 3.84. The largest absolute Gasteiger partial charge is 0.455 e. The molecule has 2 heterocycles. The first-order valence-corrected chi connectivity index (χ1v) is 17.5. The smallest absolute Gasteiger partial charge is 0.143 e. The fraction of sp³-hybridized carbons (Fsp3) is 0. The molecule has 0 saturated heterocycles. The van der Waals surface area contributed by atoms with Crippen molar-refractivity contribution in [3.8, 4) is 16.8 Å². The first kappa shape index (κ1) is 22.7. The molecule has 2 aromatic heterocycles. The molecule has 0 spiro atoms. The molecule has 11 rings (SSSR count). The summed E-state index contributed by atoms with van der Waals surface area (Å²) in [6.45, 7) is 0. The molecule has 53 heavy (non-hydrogen) atoms. The molecule has 0 fully saturated rings. The zero-order valence-corrected chi connectivity index (χ0v) is 28.2. The molecule has 0 aliphatic heterocycles. The Hall–Kier alpha value is -7.10. The summed E-state index contributed by atoms with van der Waals surface area (Å²) in [4.78, 5) is 1.41. The number of hydrogen-bond donors (Lipinski definition) is 0. The molecule has 0 N–H and O–H groups in total. The molecule has 3 nitrogen and oxygen atoms in total. The van der Waals surface area contributed by atoms with Gasteiger partial charge in [-0.3, -0.25) is 0 Å². The molecule has 9 aromatic carbocycles. The van der Waals surface area contributed by atoms with Crippen molar-refractivity contribution in [3.63, 3.8) is 0 Å².